The molecule has 1 aliphatic rings. The Morgan fingerprint density at radius 2 is 1.66 bits per heavy atom. The van der Waals surface area contributed by atoms with E-state index in [1.54, 1.807) is 37.7 Å². The molecule has 3 atom stereocenters. The molecule has 3 rings (SSSR count). The van der Waals surface area contributed by atoms with Crippen molar-refractivity contribution in [3.05, 3.63) is 59.2 Å². The highest BCUT2D eigenvalue weighted by molar-refractivity contribution is 7.98. The topological polar surface area (TPSA) is 132 Å². The fourth-order valence-corrected chi connectivity index (χ4v) is 4.93. The first kappa shape index (κ1) is 32.2. The van der Waals surface area contributed by atoms with E-state index < -0.39 is 35.5 Å². The van der Waals surface area contributed by atoms with Crippen LogP contribution in [0.25, 0.3) is 0 Å². The van der Waals surface area contributed by atoms with Gasteiger partial charge >= 0.3 is 12.2 Å². The molecular formula is C28H36F3N5O4S. The maximum Gasteiger partial charge on any atom is 0.416 e. The molecule has 0 aliphatic heterocycles. The van der Waals surface area contributed by atoms with Gasteiger partial charge in [-0.15, -0.1) is 11.8 Å². The van der Waals surface area contributed by atoms with Crippen molar-refractivity contribution in [1.82, 2.24) is 21.3 Å². The molecule has 4 amide bonds. The number of anilines is 1. The van der Waals surface area contributed by atoms with Crippen LogP contribution < -0.4 is 26.6 Å². The summed E-state index contributed by atoms with van der Waals surface area (Å²) in [7, 11) is 0. The molecule has 2 aromatic carbocycles. The van der Waals surface area contributed by atoms with Gasteiger partial charge in [0.2, 0.25) is 0 Å². The number of carbonyl (C=O) groups excluding carboxylic acids is 3. The lowest BCUT2D eigenvalue weighted by molar-refractivity contribution is -0.137. The zero-order valence-corrected chi connectivity index (χ0v) is 23.9. The molecule has 1 aliphatic carbocycles. The second kappa shape index (κ2) is 14.6. The molecule has 0 aromatic heterocycles. The van der Waals surface area contributed by atoms with Gasteiger partial charge in [-0.2, -0.15) is 13.2 Å². The molecule has 9 nitrogen and oxygen atoms in total. The minimum absolute atomic E-state index is 0.114. The number of thioether (sulfide) groups is 1. The zero-order valence-electron chi connectivity index (χ0n) is 23.1. The largest absolute Gasteiger partial charge is 0.416 e. The number of hydrogen-bond acceptors (Lipinski definition) is 6. The molecule has 1 saturated carbocycles. The van der Waals surface area contributed by atoms with E-state index in [4.69, 9.17) is 0 Å². The lowest BCUT2D eigenvalue weighted by atomic mass is 9.90. The van der Waals surface area contributed by atoms with Crippen LogP contribution in [-0.4, -0.2) is 60.1 Å². The highest BCUT2D eigenvalue weighted by Crippen LogP contribution is 2.32. The summed E-state index contributed by atoms with van der Waals surface area (Å²) in [6, 6.07) is 8.20. The molecule has 3 unspecified atom stereocenters. The van der Waals surface area contributed by atoms with Crippen LogP contribution in [-0.2, 0) is 6.18 Å². The summed E-state index contributed by atoms with van der Waals surface area (Å²) < 4.78 is 40.0. The number of alkyl halides is 3. The molecule has 0 saturated heterocycles. The molecule has 2 aromatic rings. The van der Waals surface area contributed by atoms with Crippen molar-refractivity contribution in [2.24, 2.45) is 0 Å². The zero-order chi connectivity index (χ0) is 30.2. The van der Waals surface area contributed by atoms with Crippen molar-refractivity contribution >= 4 is 35.3 Å². The first-order valence-electron chi connectivity index (χ1n) is 13.3. The van der Waals surface area contributed by atoms with Crippen molar-refractivity contribution in [2.45, 2.75) is 75.0 Å². The summed E-state index contributed by atoms with van der Waals surface area (Å²) in [6.45, 7) is 3.10. The molecule has 0 spiro atoms. The average Bonchev–Trinajstić information content (AvgIpc) is 2.92. The second-order valence-corrected chi connectivity index (χ2v) is 11.0. The van der Waals surface area contributed by atoms with Crippen LogP contribution in [0.3, 0.4) is 0 Å². The van der Waals surface area contributed by atoms with E-state index in [1.165, 1.54) is 0 Å². The standard InChI is InChI=1S/C28H36F3N5O4S/c1-16(2)33-27(40)36-21-13-10-18(28(29,30)31)14-20(21)26(39)32-15-24(37)34-22-6-4-5-7-23(22)35-25(38)17-8-11-19(41-3)12-9-17/h8-14,16,22-24,34,37H,4-7,15H2,1-3H3,(H,32,39)(H,35,38)(H2,33,36,40). The summed E-state index contributed by atoms with van der Waals surface area (Å²) in [5.41, 5.74) is -1.05. The minimum atomic E-state index is -4.70. The number of nitrogens with one attached hydrogen (secondary N) is 5. The van der Waals surface area contributed by atoms with Crippen molar-refractivity contribution in [3.8, 4) is 0 Å². The number of halogens is 3. The first-order valence-corrected chi connectivity index (χ1v) is 14.6. The lowest BCUT2D eigenvalue weighted by Crippen LogP contribution is -2.56. The van der Waals surface area contributed by atoms with Gasteiger partial charge in [0, 0.05) is 28.6 Å². The van der Waals surface area contributed by atoms with E-state index in [0.717, 1.165) is 29.9 Å². The third-order valence-corrected chi connectivity index (χ3v) is 7.30. The Hall–Kier alpha value is -3.29. The van der Waals surface area contributed by atoms with Gasteiger partial charge in [0.25, 0.3) is 11.8 Å². The number of rotatable bonds is 10. The number of urea groups is 1. The summed E-state index contributed by atoms with van der Waals surface area (Å²) in [5.74, 6) is -1.13. The van der Waals surface area contributed by atoms with Gasteiger partial charge in [0.1, 0.15) is 6.23 Å². The molecular weight excluding hydrogens is 559 g/mol. The molecule has 1 fully saturated rings. The van der Waals surface area contributed by atoms with Crippen molar-refractivity contribution in [3.63, 3.8) is 0 Å². The number of benzene rings is 2. The average molecular weight is 596 g/mol. The molecule has 224 valence electrons. The van der Waals surface area contributed by atoms with Gasteiger partial charge in [-0.05, 0) is 75.4 Å². The van der Waals surface area contributed by atoms with E-state index in [-0.39, 0.29) is 36.3 Å². The van der Waals surface area contributed by atoms with Crippen LogP contribution in [0.4, 0.5) is 23.7 Å². The fraction of sp³-hybridized carbons (Fsp3) is 0.464. The molecule has 0 heterocycles. The minimum Gasteiger partial charge on any atom is -0.377 e. The van der Waals surface area contributed by atoms with Gasteiger partial charge in [-0.25, -0.2) is 4.79 Å². The Kier molecular flexibility index (Phi) is 11.4. The molecule has 13 heteroatoms. The predicted molar refractivity (Wildman–Crippen MR) is 152 cm³/mol. The highest BCUT2D eigenvalue weighted by Gasteiger charge is 2.32. The number of carbonyl (C=O) groups is 3. The monoisotopic (exact) mass is 595 g/mol. The van der Waals surface area contributed by atoms with E-state index >= 15 is 0 Å². The summed E-state index contributed by atoms with van der Waals surface area (Å²) in [6.07, 6.45) is -0.846. The van der Waals surface area contributed by atoms with E-state index in [9.17, 15) is 32.7 Å². The Morgan fingerprint density at radius 3 is 2.27 bits per heavy atom. The molecule has 6 N–H and O–H groups in total. The van der Waals surface area contributed by atoms with Crippen LogP contribution in [0.5, 0.6) is 0 Å². The first-order chi connectivity index (χ1) is 19.4. The normalized spacial score (nSPS) is 18.0. The van der Waals surface area contributed by atoms with Crippen LogP contribution in [0.1, 0.15) is 65.8 Å². The number of amides is 4. The van der Waals surface area contributed by atoms with Crippen molar-refractivity contribution < 1.29 is 32.7 Å². The van der Waals surface area contributed by atoms with Crippen LogP contribution in [0.15, 0.2) is 47.4 Å². The molecule has 0 bridgehead atoms. The number of hydrogen-bond donors (Lipinski definition) is 6. The number of aliphatic hydroxyl groups is 1. The van der Waals surface area contributed by atoms with Crippen molar-refractivity contribution in [1.29, 1.82) is 0 Å². The Bertz CT molecular complexity index is 1210. The molecule has 0 radical (unpaired) electrons. The van der Waals surface area contributed by atoms with E-state index in [0.29, 0.717) is 24.5 Å². The fourth-order valence-electron chi connectivity index (χ4n) is 4.53. The second-order valence-electron chi connectivity index (χ2n) is 10.1. The Labute approximate surface area is 241 Å². The van der Waals surface area contributed by atoms with Gasteiger partial charge in [-0.3, -0.25) is 14.9 Å². The number of aliphatic hydroxyl groups excluding tert-OH is 1. The van der Waals surface area contributed by atoms with E-state index in [1.807, 2.05) is 18.4 Å². The summed E-state index contributed by atoms with van der Waals surface area (Å²) >= 11 is 1.57. The smallest absolute Gasteiger partial charge is 0.377 e. The van der Waals surface area contributed by atoms with Gasteiger partial charge in [0.05, 0.1) is 23.4 Å². The van der Waals surface area contributed by atoms with Crippen LogP contribution >= 0.6 is 11.8 Å². The summed E-state index contributed by atoms with van der Waals surface area (Å²) in [4.78, 5) is 38.9. The Balaban J connectivity index is 1.63. The summed E-state index contributed by atoms with van der Waals surface area (Å²) in [5, 5.41) is 24.0. The van der Waals surface area contributed by atoms with Gasteiger partial charge in [0.15, 0.2) is 0 Å². The highest BCUT2D eigenvalue weighted by atomic mass is 32.2. The van der Waals surface area contributed by atoms with Crippen molar-refractivity contribution in [2.75, 3.05) is 18.1 Å². The quantitative estimate of drug-likeness (QED) is 0.179. The van der Waals surface area contributed by atoms with Gasteiger partial charge in [-0.1, -0.05) is 12.8 Å². The maximum absolute atomic E-state index is 13.3. The Morgan fingerprint density at radius 1 is 1.00 bits per heavy atom. The predicted octanol–water partition coefficient (Wildman–Crippen LogP) is 4.34. The molecule has 41 heavy (non-hydrogen) atoms. The maximum atomic E-state index is 13.3. The SMILES string of the molecule is CSc1ccc(C(=O)NC2CCCCC2NC(O)CNC(=O)c2cc(C(F)(F)F)ccc2NC(=O)NC(C)C)cc1. The van der Waals surface area contributed by atoms with Gasteiger partial charge < -0.3 is 26.4 Å². The van der Waals surface area contributed by atoms with E-state index in [2.05, 4.69) is 26.6 Å². The van der Waals surface area contributed by atoms with Crippen LogP contribution in [0.2, 0.25) is 0 Å². The van der Waals surface area contributed by atoms with Crippen LogP contribution in [0, 0.1) is 0 Å². The third kappa shape index (κ3) is 9.65. The lowest BCUT2D eigenvalue weighted by Gasteiger charge is -2.34. The third-order valence-electron chi connectivity index (χ3n) is 6.56.